The van der Waals surface area contributed by atoms with Gasteiger partial charge in [0.05, 0.1) is 17.5 Å². The molecule has 0 saturated carbocycles. The van der Waals surface area contributed by atoms with E-state index in [9.17, 15) is 13.6 Å². The van der Waals surface area contributed by atoms with Crippen LogP contribution in [-0.2, 0) is 6.54 Å². The van der Waals surface area contributed by atoms with E-state index in [2.05, 4.69) is 20.7 Å². The van der Waals surface area contributed by atoms with Crippen LogP contribution in [0.25, 0.3) is 5.57 Å². The summed E-state index contributed by atoms with van der Waals surface area (Å²) in [5, 5.41) is 10.6. The average Bonchev–Trinajstić information content (AvgIpc) is 3.18. The van der Waals surface area contributed by atoms with Crippen molar-refractivity contribution in [2.75, 3.05) is 18.4 Å². The number of carbonyl (C=O) groups is 1. The summed E-state index contributed by atoms with van der Waals surface area (Å²) < 4.78 is 29.9. The van der Waals surface area contributed by atoms with Crippen LogP contribution < -0.4 is 16.4 Å². The van der Waals surface area contributed by atoms with Crippen molar-refractivity contribution in [1.29, 1.82) is 0 Å². The summed E-state index contributed by atoms with van der Waals surface area (Å²) in [5.41, 5.74) is 8.80. The van der Waals surface area contributed by atoms with E-state index in [1.165, 1.54) is 30.6 Å². The van der Waals surface area contributed by atoms with Crippen LogP contribution >= 0.6 is 0 Å². The maximum atomic E-state index is 14.4. The van der Waals surface area contributed by atoms with E-state index in [1.807, 2.05) is 10.8 Å². The Bertz CT molecular complexity index is 1200. The smallest absolute Gasteiger partial charge is 0.252 e. The molecule has 3 aromatic rings. The molecule has 164 valence electrons. The molecule has 1 aromatic heterocycles. The highest BCUT2D eigenvalue weighted by atomic mass is 19.1. The first-order valence-electron chi connectivity index (χ1n) is 10.5. The molecule has 2 aromatic carbocycles. The normalized spacial score (nSPS) is 19.5. The van der Waals surface area contributed by atoms with Gasteiger partial charge in [0.15, 0.2) is 0 Å². The number of anilines is 1. The van der Waals surface area contributed by atoms with Crippen molar-refractivity contribution in [2.24, 2.45) is 5.73 Å². The second kappa shape index (κ2) is 8.16. The molecule has 9 heteroatoms. The first-order chi connectivity index (χ1) is 15.6. The molecule has 0 aliphatic carbocycles. The molecule has 0 spiro atoms. The van der Waals surface area contributed by atoms with Gasteiger partial charge in [-0.05, 0) is 48.4 Å². The molecule has 32 heavy (non-hydrogen) atoms. The summed E-state index contributed by atoms with van der Waals surface area (Å²) in [5.74, 6) is -0.834. The van der Waals surface area contributed by atoms with Gasteiger partial charge in [-0.1, -0.05) is 18.2 Å². The molecule has 4 N–H and O–H groups in total. The average molecular weight is 436 g/mol. The van der Waals surface area contributed by atoms with Gasteiger partial charge in [0.1, 0.15) is 23.8 Å². The van der Waals surface area contributed by atoms with E-state index in [-0.39, 0.29) is 29.2 Å². The Morgan fingerprint density at radius 3 is 2.75 bits per heavy atom. The number of carbonyl (C=O) groups excluding carboxylic acids is 1. The third kappa shape index (κ3) is 3.44. The lowest BCUT2D eigenvalue weighted by atomic mass is 9.77. The van der Waals surface area contributed by atoms with E-state index in [0.29, 0.717) is 36.7 Å². The molecule has 0 bridgehead atoms. The largest absolute Gasteiger partial charge is 0.377 e. The highest BCUT2D eigenvalue weighted by molar-refractivity contribution is 6.04. The Morgan fingerprint density at radius 2 is 1.97 bits per heavy atom. The number of nitrogens with one attached hydrogen (secondary N) is 2. The van der Waals surface area contributed by atoms with Crippen molar-refractivity contribution in [3.8, 4) is 0 Å². The number of hydrogen-bond donors (Lipinski definition) is 3. The fourth-order valence-electron chi connectivity index (χ4n) is 4.54. The van der Waals surface area contributed by atoms with Crippen LogP contribution in [-0.4, -0.2) is 33.8 Å². The van der Waals surface area contributed by atoms with Gasteiger partial charge >= 0.3 is 0 Å². The van der Waals surface area contributed by atoms with Crippen molar-refractivity contribution in [3.05, 3.63) is 83.0 Å². The monoisotopic (exact) mass is 436 g/mol. The van der Waals surface area contributed by atoms with Crippen LogP contribution in [0.4, 0.5) is 14.5 Å². The Kier molecular flexibility index (Phi) is 5.18. The summed E-state index contributed by atoms with van der Waals surface area (Å²) in [6.45, 7) is 1.40. The van der Waals surface area contributed by atoms with Gasteiger partial charge in [-0.15, -0.1) is 0 Å². The highest BCUT2D eigenvalue weighted by Crippen LogP contribution is 2.50. The van der Waals surface area contributed by atoms with Crippen molar-refractivity contribution < 1.29 is 13.6 Å². The molecule has 2 unspecified atom stereocenters. The zero-order valence-electron chi connectivity index (χ0n) is 17.2. The Balaban J connectivity index is 1.73. The number of aryl methyl sites for hydroxylation is 1. The van der Waals surface area contributed by atoms with Crippen molar-refractivity contribution in [2.45, 2.75) is 24.9 Å². The lowest BCUT2D eigenvalue weighted by Gasteiger charge is -2.37. The fraction of sp³-hybridized carbons (Fsp3) is 0.261. The van der Waals surface area contributed by atoms with Gasteiger partial charge < -0.3 is 16.4 Å². The summed E-state index contributed by atoms with van der Waals surface area (Å²) in [7, 11) is 0. The summed E-state index contributed by atoms with van der Waals surface area (Å²) >= 11 is 0. The number of amides is 1. The number of benzene rings is 2. The topological polar surface area (TPSA) is 97.9 Å². The molecule has 0 fully saturated rings. The van der Waals surface area contributed by atoms with Gasteiger partial charge in [-0.25, -0.2) is 18.4 Å². The molecular weight excluding hydrogens is 414 g/mol. The number of aromatic nitrogens is 3. The van der Waals surface area contributed by atoms with Gasteiger partial charge in [-0.3, -0.25) is 4.79 Å². The molecule has 7 nitrogen and oxygen atoms in total. The Morgan fingerprint density at radius 1 is 1.16 bits per heavy atom. The molecular formula is C23H22F2N6O. The molecule has 0 saturated heterocycles. The zero-order chi connectivity index (χ0) is 22.2. The summed E-state index contributed by atoms with van der Waals surface area (Å²) in [4.78, 5) is 17.2. The quantitative estimate of drug-likeness (QED) is 0.571. The lowest BCUT2D eigenvalue weighted by molar-refractivity contribution is 0.0958. The zero-order valence-corrected chi connectivity index (χ0v) is 17.2. The first kappa shape index (κ1) is 20.3. The predicted octanol–water partition coefficient (Wildman–Crippen LogP) is 2.98. The number of halogens is 2. The third-order valence-corrected chi connectivity index (χ3v) is 5.93. The van der Waals surface area contributed by atoms with Gasteiger partial charge in [0.25, 0.3) is 5.91 Å². The van der Waals surface area contributed by atoms with Gasteiger partial charge in [-0.2, -0.15) is 5.10 Å². The molecule has 5 rings (SSSR count). The summed E-state index contributed by atoms with van der Waals surface area (Å²) in [6, 6.07) is 8.45. The number of hydrogen-bond acceptors (Lipinski definition) is 5. The maximum Gasteiger partial charge on any atom is 0.252 e. The Labute approximate surface area is 183 Å². The first-order valence-corrected chi connectivity index (χ1v) is 10.5. The van der Waals surface area contributed by atoms with Gasteiger partial charge in [0.2, 0.25) is 0 Å². The van der Waals surface area contributed by atoms with E-state index in [0.717, 1.165) is 17.6 Å². The second-order valence-electron chi connectivity index (χ2n) is 7.88. The van der Waals surface area contributed by atoms with Crippen molar-refractivity contribution in [3.63, 3.8) is 0 Å². The number of nitrogens with zero attached hydrogens (tertiary/aromatic N) is 3. The standard InChI is InChI=1S/C23H22F2N6O/c24-14-4-2-13(3-5-14)21-20(22-28-12-29-31(22)9-1-7-26)16-6-8-27-23(32)17-10-15(25)11-18(30-21)19(16)17/h2-6,10-12,20-21,30H,1,7-9,26H2,(H,27,32). The van der Waals surface area contributed by atoms with Crippen LogP contribution in [0, 0.1) is 11.6 Å². The van der Waals surface area contributed by atoms with E-state index < -0.39 is 5.82 Å². The third-order valence-electron chi connectivity index (χ3n) is 5.93. The predicted molar refractivity (Wildman–Crippen MR) is 116 cm³/mol. The van der Waals surface area contributed by atoms with Crippen molar-refractivity contribution >= 4 is 17.2 Å². The molecule has 2 atom stereocenters. The van der Waals surface area contributed by atoms with Crippen molar-refractivity contribution in [1.82, 2.24) is 20.1 Å². The number of rotatable bonds is 5. The van der Waals surface area contributed by atoms with E-state index >= 15 is 0 Å². The molecule has 1 amide bonds. The minimum Gasteiger partial charge on any atom is -0.377 e. The minimum absolute atomic E-state index is 0.270. The van der Waals surface area contributed by atoms with Crippen LogP contribution in [0.2, 0.25) is 0 Å². The van der Waals surface area contributed by atoms with E-state index in [1.54, 1.807) is 12.1 Å². The minimum atomic E-state index is -0.509. The molecule has 2 aliphatic rings. The van der Waals surface area contributed by atoms with Crippen LogP contribution in [0.1, 0.15) is 45.7 Å². The molecule has 2 aliphatic heterocycles. The molecule has 3 heterocycles. The highest BCUT2D eigenvalue weighted by Gasteiger charge is 2.40. The summed E-state index contributed by atoms with van der Waals surface area (Å²) in [6.07, 6.45) is 4.16. The molecule has 0 radical (unpaired) electrons. The van der Waals surface area contributed by atoms with E-state index in [4.69, 9.17) is 5.73 Å². The van der Waals surface area contributed by atoms with Crippen LogP contribution in [0.3, 0.4) is 0 Å². The Hall–Kier alpha value is -3.59. The lowest BCUT2D eigenvalue weighted by Crippen LogP contribution is -2.30. The van der Waals surface area contributed by atoms with Crippen LogP contribution in [0.15, 0.2) is 48.8 Å². The maximum absolute atomic E-state index is 14.4. The number of nitrogens with two attached hydrogens (primary N) is 1. The van der Waals surface area contributed by atoms with Crippen LogP contribution in [0.5, 0.6) is 0 Å². The van der Waals surface area contributed by atoms with Gasteiger partial charge in [0, 0.05) is 24.3 Å². The second-order valence-corrected chi connectivity index (χ2v) is 7.88. The SMILES string of the molecule is NCCCn1ncnc1C1C2=CCNC(=O)c3cc(F)cc(c32)NC1c1ccc(F)cc1. The fourth-order valence-corrected chi connectivity index (χ4v) is 4.54.